The average molecular weight is 399 g/mol. The lowest BCUT2D eigenvalue weighted by Crippen LogP contribution is -2.13. The summed E-state index contributed by atoms with van der Waals surface area (Å²) in [7, 11) is 0. The highest BCUT2D eigenvalue weighted by Gasteiger charge is 2.12. The quantitative estimate of drug-likeness (QED) is 0.573. The van der Waals surface area contributed by atoms with Crippen LogP contribution in [-0.4, -0.2) is 26.0 Å². The van der Waals surface area contributed by atoms with Crippen molar-refractivity contribution in [3.05, 3.63) is 64.1 Å². The molecule has 1 aromatic heterocycles. The lowest BCUT2D eigenvalue weighted by atomic mass is 9.97. The van der Waals surface area contributed by atoms with Crippen molar-refractivity contribution < 1.29 is 4.79 Å². The van der Waals surface area contributed by atoms with Crippen LogP contribution in [0.2, 0.25) is 0 Å². The van der Waals surface area contributed by atoms with Crippen molar-refractivity contribution in [2.24, 2.45) is 0 Å². The van der Waals surface area contributed by atoms with Crippen LogP contribution < -0.4 is 0 Å². The van der Waals surface area contributed by atoms with Crippen LogP contribution >= 0.6 is 15.9 Å². The van der Waals surface area contributed by atoms with Gasteiger partial charge in [0, 0.05) is 15.6 Å². The van der Waals surface area contributed by atoms with Crippen molar-refractivity contribution in [1.82, 2.24) is 20.2 Å². The van der Waals surface area contributed by atoms with E-state index >= 15 is 0 Å². The van der Waals surface area contributed by atoms with Gasteiger partial charge < -0.3 is 0 Å². The number of hydrogen-bond donors (Lipinski definition) is 0. The number of rotatable bonds is 6. The Kier molecular flexibility index (Phi) is 5.38. The van der Waals surface area contributed by atoms with E-state index in [1.807, 2.05) is 48.5 Å². The Morgan fingerprint density at radius 1 is 1.12 bits per heavy atom. The van der Waals surface area contributed by atoms with Crippen molar-refractivity contribution in [2.75, 3.05) is 0 Å². The maximum Gasteiger partial charge on any atom is 0.204 e. The van der Waals surface area contributed by atoms with Gasteiger partial charge in [0.1, 0.15) is 6.54 Å². The zero-order valence-electron chi connectivity index (χ0n) is 14.2. The van der Waals surface area contributed by atoms with Crippen molar-refractivity contribution in [3.8, 4) is 11.4 Å². The maximum absolute atomic E-state index is 12.4. The van der Waals surface area contributed by atoms with E-state index in [9.17, 15) is 4.79 Å². The molecule has 0 bridgehead atoms. The van der Waals surface area contributed by atoms with Gasteiger partial charge in [0.05, 0.1) is 0 Å². The van der Waals surface area contributed by atoms with Gasteiger partial charge in [-0.05, 0) is 47.4 Å². The molecular formula is C19H19BrN4O. The second kappa shape index (κ2) is 7.70. The SMILES string of the molecule is CC[C@@H](C)c1ccc(C(=O)Cn2nnc(-c3ccc(Br)cc3)n2)cc1. The lowest BCUT2D eigenvalue weighted by molar-refractivity contribution is 0.0961. The van der Waals surface area contributed by atoms with Crippen LogP contribution in [0.4, 0.5) is 0 Å². The summed E-state index contributed by atoms with van der Waals surface area (Å²) in [5.41, 5.74) is 2.77. The predicted molar refractivity (Wildman–Crippen MR) is 100 cm³/mol. The Balaban J connectivity index is 1.70. The Morgan fingerprint density at radius 3 is 2.44 bits per heavy atom. The van der Waals surface area contributed by atoms with Gasteiger partial charge in [-0.25, -0.2) is 0 Å². The molecular weight excluding hydrogens is 380 g/mol. The molecule has 0 aliphatic rings. The molecule has 0 aliphatic heterocycles. The molecule has 0 saturated heterocycles. The van der Waals surface area contributed by atoms with E-state index in [2.05, 4.69) is 45.2 Å². The molecule has 25 heavy (non-hydrogen) atoms. The summed E-state index contributed by atoms with van der Waals surface area (Å²) in [4.78, 5) is 13.8. The molecule has 0 N–H and O–H groups in total. The van der Waals surface area contributed by atoms with Crippen LogP contribution in [0.3, 0.4) is 0 Å². The highest BCUT2D eigenvalue weighted by Crippen LogP contribution is 2.19. The minimum atomic E-state index is -0.0320. The zero-order chi connectivity index (χ0) is 17.8. The molecule has 0 radical (unpaired) electrons. The van der Waals surface area contributed by atoms with Gasteiger partial charge in [-0.2, -0.15) is 4.80 Å². The van der Waals surface area contributed by atoms with Crippen molar-refractivity contribution >= 4 is 21.7 Å². The lowest BCUT2D eigenvalue weighted by Gasteiger charge is -2.09. The molecule has 128 valence electrons. The van der Waals surface area contributed by atoms with Gasteiger partial charge >= 0.3 is 0 Å². The van der Waals surface area contributed by atoms with E-state index in [0.29, 0.717) is 17.3 Å². The second-order valence-corrected chi connectivity index (χ2v) is 6.92. The smallest absolute Gasteiger partial charge is 0.204 e. The van der Waals surface area contributed by atoms with Gasteiger partial charge in [0.15, 0.2) is 5.78 Å². The van der Waals surface area contributed by atoms with E-state index in [0.717, 1.165) is 16.5 Å². The topological polar surface area (TPSA) is 60.7 Å². The largest absolute Gasteiger partial charge is 0.292 e. The Labute approximate surface area is 155 Å². The molecule has 0 fully saturated rings. The Hall–Kier alpha value is -2.34. The molecule has 2 aromatic carbocycles. The molecule has 1 heterocycles. The third kappa shape index (κ3) is 4.20. The normalized spacial score (nSPS) is 12.1. The molecule has 3 aromatic rings. The molecule has 0 spiro atoms. The highest BCUT2D eigenvalue weighted by atomic mass is 79.9. The average Bonchev–Trinajstić information content (AvgIpc) is 3.10. The molecule has 0 unspecified atom stereocenters. The second-order valence-electron chi connectivity index (χ2n) is 6.00. The summed E-state index contributed by atoms with van der Waals surface area (Å²) < 4.78 is 0.986. The first kappa shape index (κ1) is 17.5. The summed E-state index contributed by atoms with van der Waals surface area (Å²) in [6.07, 6.45) is 1.08. The van der Waals surface area contributed by atoms with Crippen molar-refractivity contribution in [1.29, 1.82) is 0 Å². The van der Waals surface area contributed by atoms with Crippen LogP contribution in [0.25, 0.3) is 11.4 Å². The van der Waals surface area contributed by atoms with E-state index in [4.69, 9.17) is 0 Å². The number of hydrogen-bond acceptors (Lipinski definition) is 4. The molecule has 3 rings (SSSR count). The molecule has 1 atom stereocenters. The van der Waals surface area contributed by atoms with E-state index in [1.54, 1.807) is 0 Å². The van der Waals surface area contributed by atoms with Crippen LogP contribution in [0.5, 0.6) is 0 Å². The fourth-order valence-electron chi connectivity index (χ4n) is 2.48. The molecule has 5 nitrogen and oxygen atoms in total. The fraction of sp³-hybridized carbons (Fsp3) is 0.263. The number of aromatic nitrogens is 4. The first-order chi connectivity index (χ1) is 12.1. The van der Waals surface area contributed by atoms with Crippen LogP contribution in [0.15, 0.2) is 53.0 Å². The monoisotopic (exact) mass is 398 g/mol. The molecule has 6 heteroatoms. The third-order valence-electron chi connectivity index (χ3n) is 4.25. The van der Waals surface area contributed by atoms with Gasteiger partial charge in [-0.15, -0.1) is 10.2 Å². The van der Waals surface area contributed by atoms with E-state index in [1.165, 1.54) is 10.4 Å². The number of Topliss-reactive ketones (excluding diaryl/α,β-unsaturated/α-hetero) is 1. The number of nitrogens with zero attached hydrogens (tertiary/aromatic N) is 4. The van der Waals surface area contributed by atoms with Crippen LogP contribution in [0, 0.1) is 0 Å². The zero-order valence-corrected chi connectivity index (χ0v) is 15.8. The first-order valence-corrected chi connectivity index (χ1v) is 9.03. The minimum Gasteiger partial charge on any atom is -0.292 e. The number of carbonyl (C=O) groups excluding carboxylic acids is 1. The fourth-order valence-corrected chi connectivity index (χ4v) is 2.74. The van der Waals surface area contributed by atoms with Gasteiger partial charge in [0.2, 0.25) is 5.82 Å². The Bertz CT molecular complexity index is 856. The number of carbonyl (C=O) groups is 1. The summed E-state index contributed by atoms with van der Waals surface area (Å²) in [6, 6.07) is 15.4. The summed E-state index contributed by atoms with van der Waals surface area (Å²) in [5, 5.41) is 12.3. The van der Waals surface area contributed by atoms with E-state index < -0.39 is 0 Å². The number of benzene rings is 2. The van der Waals surface area contributed by atoms with Gasteiger partial charge in [-0.3, -0.25) is 4.79 Å². The van der Waals surface area contributed by atoms with Gasteiger partial charge in [0.25, 0.3) is 0 Å². The number of ketones is 1. The summed E-state index contributed by atoms with van der Waals surface area (Å²) in [6.45, 7) is 4.41. The molecule has 0 amide bonds. The van der Waals surface area contributed by atoms with Crippen molar-refractivity contribution in [2.45, 2.75) is 32.7 Å². The standard InChI is InChI=1S/C19H19BrN4O/c1-3-13(2)14-4-6-15(7-5-14)18(25)12-24-22-19(21-23-24)16-8-10-17(20)11-9-16/h4-11,13H,3,12H2,1-2H3/t13-/m1/s1. The number of tetrazole rings is 1. The minimum absolute atomic E-state index is 0.0320. The van der Waals surface area contributed by atoms with Crippen molar-refractivity contribution in [3.63, 3.8) is 0 Å². The van der Waals surface area contributed by atoms with Crippen LogP contribution in [-0.2, 0) is 6.54 Å². The summed E-state index contributed by atoms with van der Waals surface area (Å²) in [5.74, 6) is 0.970. The van der Waals surface area contributed by atoms with Crippen LogP contribution in [0.1, 0.15) is 42.1 Å². The number of halogens is 1. The molecule has 0 aliphatic carbocycles. The van der Waals surface area contributed by atoms with E-state index in [-0.39, 0.29) is 12.3 Å². The predicted octanol–water partition coefficient (Wildman–Crippen LogP) is 4.50. The third-order valence-corrected chi connectivity index (χ3v) is 4.78. The Morgan fingerprint density at radius 2 is 1.80 bits per heavy atom. The highest BCUT2D eigenvalue weighted by molar-refractivity contribution is 9.10. The molecule has 0 saturated carbocycles. The van der Waals surface area contributed by atoms with Gasteiger partial charge in [-0.1, -0.05) is 54.0 Å². The maximum atomic E-state index is 12.4. The first-order valence-electron chi connectivity index (χ1n) is 8.23. The summed E-state index contributed by atoms with van der Waals surface area (Å²) >= 11 is 3.39.